The Labute approximate surface area is 146 Å². The maximum atomic E-state index is 12.7. The average molecular weight is 394 g/mol. The topological polar surface area (TPSA) is 29.5 Å². The molecule has 2 unspecified atom stereocenters. The van der Waals surface area contributed by atoms with Crippen molar-refractivity contribution in [3.05, 3.63) is 63.6 Å². The predicted octanol–water partition coefficient (Wildman–Crippen LogP) is 4.73. The SMILES string of the molecule is O=C1c2ccc(Br)cc2C2C(c3ccccc3OC(F)F)CCN12. The van der Waals surface area contributed by atoms with E-state index in [2.05, 4.69) is 15.9 Å². The molecule has 2 aromatic rings. The number of ether oxygens (including phenoxy) is 1. The molecule has 0 spiro atoms. The van der Waals surface area contributed by atoms with Gasteiger partial charge in [0.25, 0.3) is 5.91 Å². The summed E-state index contributed by atoms with van der Waals surface area (Å²) in [6, 6.07) is 12.3. The van der Waals surface area contributed by atoms with Gasteiger partial charge in [0.15, 0.2) is 0 Å². The highest BCUT2D eigenvalue weighted by atomic mass is 79.9. The van der Waals surface area contributed by atoms with Gasteiger partial charge in [0.2, 0.25) is 0 Å². The Morgan fingerprint density at radius 3 is 2.75 bits per heavy atom. The summed E-state index contributed by atoms with van der Waals surface area (Å²) in [5.41, 5.74) is 2.37. The van der Waals surface area contributed by atoms with Gasteiger partial charge in [0.05, 0.1) is 6.04 Å². The molecule has 6 heteroatoms. The van der Waals surface area contributed by atoms with Crippen molar-refractivity contribution in [2.24, 2.45) is 0 Å². The van der Waals surface area contributed by atoms with E-state index in [1.807, 2.05) is 35.2 Å². The van der Waals surface area contributed by atoms with Gasteiger partial charge in [0, 0.05) is 22.5 Å². The van der Waals surface area contributed by atoms with Gasteiger partial charge in [0.1, 0.15) is 5.75 Å². The van der Waals surface area contributed by atoms with Crippen LogP contribution in [0, 0.1) is 0 Å². The third-order valence-corrected chi connectivity index (χ3v) is 5.25. The smallest absolute Gasteiger partial charge is 0.387 e. The number of nitrogens with zero attached hydrogens (tertiary/aromatic N) is 1. The number of fused-ring (bicyclic) bond motifs is 3. The number of halogens is 3. The molecule has 2 heterocycles. The van der Waals surface area contributed by atoms with Crippen LogP contribution in [0.1, 0.15) is 39.9 Å². The minimum Gasteiger partial charge on any atom is -0.435 e. The lowest BCUT2D eigenvalue weighted by atomic mass is 9.87. The van der Waals surface area contributed by atoms with Crippen LogP contribution in [0.4, 0.5) is 8.78 Å². The second kappa shape index (κ2) is 5.84. The number of hydrogen-bond donors (Lipinski definition) is 0. The Bertz CT molecular complexity index is 811. The van der Waals surface area contributed by atoms with Crippen molar-refractivity contribution in [1.82, 2.24) is 4.90 Å². The highest BCUT2D eigenvalue weighted by Crippen LogP contribution is 2.51. The standard InChI is InChI=1S/C18H14BrF2NO2/c19-10-5-6-13-14(9-10)16-12(7-8-22(16)17(13)23)11-3-1-2-4-15(11)24-18(20)21/h1-6,9,12,16,18H,7-8H2. The summed E-state index contributed by atoms with van der Waals surface area (Å²) in [6.45, 7) is -2.25. The molecule has 124 valence electrons. The molecule has 1 fully saturated rings. The van der Waals surface area contributed by atoms with Crippen molar-refractivity contribution in [2.45, 2.75) is 25.0 Å². The van der Waals surface area contributed by atoms with Crippen molar-refractivity contribution in [2.75, 3.05) is 6.54 Å². The molecule has 0 bridgehead atoms. The monoisotopic (exact) mass is 393 g/mol. The number of carbonyl (C=O) groups is 1. The second-order valence-electron chi connectivity index (χ2n) is 5.99. The molecule has 4 rings (SSSR count). The summed E-state index contributed by atoms with van der Waals surface area (Å²) in [6.07, 6.45) is 0.728. The summed E-state index contributed by atoms with van der Waals surface area (Å²) in [7, 11) is 0. The average Bonchev–Trinajstić information content (AvgIpc) is 3.08. The molecule has 1 amide bonds. The van der Waals surface area contributed by atoms with Crippen LogP contribution in [-0.4, -0.2) is 24.0 Å². The summed E-state index contributed by atoms with van der Waals surface area (Å²) >= 11 is 3.45. The Hall–Kier alpha value is -1.95. The zero-order valence-corrected chi connectivity index (χ0v) is 14.2. The molecule has 3 nitrogen and oxygen atoms in total. The van der Waals surface area contributed by atoms with E-state index in [0.29, 0.717) is 12.1 Å². The van der Waals surface area contributed by atoms with Gasteiger partial charge in [-0.1, -0.05) is 34.1 Å². The molecular formula is C18H14BrF2NO2. The van der Waals surface area contributed by atoms with Crippen LogP contribution in [0.15, 0.2) is 46.9 Å². The molecular weight excluding hydrogens is 380 g/mol. The third kappa shape index (κ3) is 2.40. The fourth-order valence-electron chi connectivity index (χ4n) is 3.85. The van der Waals surface area contributed by atoms with Crippen molar-refractivity contribution in [1.29, 1.82) is 0 Å². The highest BCUT2D eigenvalue weighted by Gasteiger charge is 2.46. The minimum atomic E-state index is -2.87. The quantitative estimate of drug-likeness (QED) is 0.753. The van der Waals surface area contributed by atoms with E-state index in [-0.39, 0.29) is 23.6 Å². The fourth-order valence-corrected chi connectivity index (χ4v) is 4.23. The molecule has 2 aromatic carbocycles. The second-order valence-corrected chi connectivity index (χ2v) is 6.90. The zero-order valence-electron chi connectivity index (χ0n) is 12.6. The molecule has 0 aromatic heterocycles. The van der Waals surface area contributed by atoms with Crippen molar-refractivity contribution >= 4 is 21.8 Å². The first-order chi connectivity index (χ1) is 11.6. The summed E-state index contributed by atoms with van der Waals surface area (Å²) in [4.78, 5) is 14.4. The van der Waals surface area contributed by atoms with Crippen LogP contribution in [0.25, 0.3) is 0 Å². The third-order valence-electron chi connectivity index (χ3n) is 4.76. The lowest BCUT2D eigenvalue weighted by molar-refractivity contribution is -0.0507. The van der Waals surface area contributed by atoms with Crippen LogP contribution in [0.5, 0.6) is 5.75 Å². The maximum Gasteiger partial charge on any atom is 0.387 e. The lowest BCUT2D eigenvalue weighted by Gasteiger charge is -2.23. The Morgan fingerprint density at radius 1 is 1.17 bits per heavy atom. The zero-order chi connectivity index (χ0) is 16.8. The van der Waals surface area contributed by atoms with Crippen LogP contribution in [0.3, 0.4) is 0 Å². The summed E-state index contributed by atoms with van der Waals surface area (Å²) < 4.78 is 31.0. The van der Waals surface area contributed by atoms with Gasteiger partial charge in [-0.2, -0.15) is 8.78 Å². The van der Waals surface area contributed by atoms with Crippen LogP contribution < -0.4 is 4.74 Å². The first-order valence-corrected chi connectivity index (χ1v) is 8.49. The number of amides is 1. The van der Waals surface area contributed by atoms with Gasteiger partial charge < -0.3 is 9.64 Å². The normalized spacial score (nSPS) is 22.0. The van der Waals surface area contributed by atoms with Crippen molar-refractivity contribution < 1.29 is 18.3 Å². The number of benzene rings is 2. The molecule has 2 aliphatic rings. The summed E-state index contributed by atoms with van der Waals surface area (Å²) in [5.74, 6) is 0.145. The number of rotatable bonds is 3. The van der Waals surface area contributed by atoms with Crippen molar-refractivity contribution in [3.8, 4) is 5.75 Å². The minimum absolute atomic E-state index is 0.0114. The fraction of sp³-hybridized carbons (Fsp3) is 0.278. The molecule has 2 atom stereocenters. The van der Waals surface area contributed by atoms with Crippen LogP contribution >= 0.6 is 15.9 Å². The van der Waals surface area contributed by atoms with Gasteiger partial charge in [-0.15, -0.1) is 0 Å². The van der Waals surface area contributed by atoms with Crippen molar-refractivity contribution in [3.63, 3.8) is 0 Å². The summed E-state index contributed by atoms with van der Waals surface area (Å²) in [5, 5.41) is 0. The number of para-hydroxylation sites is 1. The van der Waals surface area contributed by atoms with E-state index in [9.17, 15) is 13.6 Å². The Kier molecular flexibility index (Phi) is 3.79. The molecule has 0 N–H and O–H groups in total. The van der Waals surface area contributed by atoms with Crippen LogP contribution in [-0.2, 0) is 0 Å². The molecule has 0 saturated carbocycles. The van der Waals surface area contributed by atoms with E-state index in [4.69, 9.17) is 4.74 Å². The first-order valence-electron chi connectivity index (χ1n) is 7.70. The number of carbonyl (C=O) groups excluding carboxylic acids is 1. The van der Waals surface area contributed by atoms with E-state index in [1.54, 1.807) is 12.1 Å². The Balaban J connectivity index is 1.78. The lowest BCUT2D eigenvalue weighted by Crippen LogP contribution is -2.23. The van der Waals surface area contributed by atoms with Gasteiger partial charge >= 0.3 is 6.61 Å². The number of alkyl halides is 2. The molecule has 1 saturated heterocycles. The first kappa shape index (κ1) is 15.6. The van der Waals surface area contributed by atoms with Gasteiger partial charge in [-0.05, 0) is 41.8 Å². The maximum absolute atomic E-state index is 12.7. The van der Waals surface area contributed by atoms with E-state index in [1.165, 1.54) is 0 Å². The molecule has 2 aliphatic heterocycles. The van der Waals surface area contributed by atoms with E-state index in [0.717, 1.165) is 22.0 Å². The molecule has 0 radical (unpaired) electrons. The predicted molar refractivity (Wildman–Crippen MR) is 88.4 cm³/mol. The van der Waals surface area contributed by atoms with E-state index < -0.39 is 6.61 Å². The van der Waals surface area contributed by atoms with Gasteiger partial charge in [-0.3, -0.25) is 4.79 Å². The molecule has 24 heavy (non-hydrogen) atoms. The largest absolute Gasteiger partial charge is 0.435 e. The Morgan fingerprint density at radius 2 is 1.96 bits per heavy atom. The highest BCUT2D eigenvalue weighted by molar-refractivity contribution is 9.10. The molecule has 0 aliphatic carbocycles. The van der Waals surface area contributed by atoms with Crippen LogP contribution in [0.2, 0.25) is 0 Å². The van der Waals surface area contributed by atoms with Gasteiger partial charge in [-0.25, -0.2) is 0 Å². The van der Waals surface area contributed by atoms with E-state index >= 15 is 0 Å². The number of hydrogen-bond acceptors (Lipinski definition) is 2.